The molecule has 4 rings (SSSR count). The molecule has 1 saturated carbocycles. The minimum atomic E-state index is -4.70. The van der Waals surface area contributed by atoms with E-state index in [4.69, 9.17) is 5.26 Å². The molecule has 3 amide bonds. The van der Waals surface area contributed by atoms with Gasteiger partial charge >= 0.3 is 12.2 Å². The van der Waals surface area contributed by atoms with Crippen LogP contribution in [0.3, 0.4) is 0 Å². The SMILES string of the molecule is CNC(=O)c1ccc(N2C(=O)N(c3ccc(C#N)c(C(F)(F)F)c3)[C@@H]3CCCC[C@H]32)s1. The molecule has 1 aliphatic heterocycles. The van der Waals surface area contributed by atoms with Crippen LogP contribution in [-0.2, 0) is 6.18 Å². The molecule has 2 fully saturated rings. The van der Waals surface area contributed by atoms with Gasteiger partial charge in [-0.3, -0.25) is 14.6 Å². The first-order valence-corrected chi connectivity index (χ1v) is 10.6. The molecule has 31 heavy (non-hydrogen) atoms. The first-order valence-electron chi connectivity index (χ1n) is 9.82. The number of urea groups is 1. The van der Waals surface area contributed by atoms with Gasteiger partial charge < -0.3 is 5.32 Å². The molecular formula is C21H19F3N4O2S. The van der Waals surface area contributed by atoms with Crippen LogP contribution in [0.5, 0.6) is 0 Å². The Kier molecular flexibility index (Phi) is 5.39. The van der Waals surface area contributed by atoms with E-state index >= 15 is 0 Å². The van der Waals surface area contributed by atoms with E-state index in [1.54, 1.807) is 23.1 Å². The van der Waals surface area contributed by atoms with Crippen LogP contribution in [0.25, 0.3) is 0 Å². The molecule has 0 spiro atoms. The van der Waals surface area contributed by atoms with Crippen molar-refractivity contribution in [1.82, 2.24) is 5.32 Å². The first kappa shape index (κ1) is 21.2. The first-order chi connectivity index (χ1) is 14.8. The maximum atomic E-state index is 13.5. The van der Waals surface area contributed by atoms with Crippen LogP contribution < -0.4 is 15.1 Å². The van der Waals surface area contributed by atoms with Gasteiger partial charge in [0.1, 0.15) is 5.00 Å². The summed E-state index contributed by atoms with van der Waals surface area (Å²) in [5, 5.41) is 12.2. The Labute approximate surface area is 180 Å². The van der Waals surface area contributed by atoms with Gasteiger partial charge in [0.05, 0.1) is 34.2 Å². The molecule has 1 N–H and O–H groups in total. The second-order valence-electron chi connectivity index (χ2n) is 7.50. The van der Waals surface area contributed by atoms with E-state index in [-0.39, 0.29) is 23.7 Å². The van der Waals surface area contributed by atoms with Crippen LogP contribution in [0.4, 0.5) is 28.7 Å². The second-order valence-corrected chi connectivity index (χ2v) is 8.56. The average molecular weight is 448 g/mol. The van der Waals surface area contributed by atoms with Crippen LogP contribution in [0.1, 0.15) is 46.5 Å². The molecule has 2 atom stereocenters. The van der Waals surface area contributed by atoms with Gasteiger partial charge in [0.2, 0.25) is 0 Å². The predicted octanol–water partition coefficient (Wildman–Crippen LogP) is 4.76. The smallest absolute Gasteiger partial charge is 0.354 e. The minimum Gasteiger partial charge on any atom is -0.354 e. The van der Waals surface area contributed by atoms with Crippen molar-refractivity contribution >= 4 is 34.0 Å². The lowest BCUT2D eigenvalue weighted by Gasteiger charge is -2.31. The van der Waals surface area contributed by atoms with Crippen molar-refractivity contribution in [2.75, 3.05) is 16.8 Å². The average Bonchev–Trinajstić information content (AvgIpc) is 3.34. The van der Waals surface area contributed by atoms with E-state index in [1.165, 1.54) is 29.4 Å². The fraction of sp³-hybridized carbons (Fsp3) is 0.381. The highest BCUT2D eigenvalue weighted by atomic mass is 32.1. The summed E-state index contributed by atoms with van der Waals surface area (Å²) in [6.45, 7) is 0. The fourth-order valence-electron chi connectivity index (χ4n) is 4.37. The third kappa shape index (κ3) is 3.63. The molecule has 1 aromatic carbocycles. The van der Waals surface area contributed by atoms with E-state index in [2.05, 4.69) is 5.32 Å². The largest absolute Gasteiger partial charge is 0.417 e. The third-order valence-corrected chi connectivity index (χ3v) is 6.84. The number of anilines is 2. The molecule has 6 nitrogen and oxygen atoms in total. The summed E-state index contributed by atoms with van der Waals surface area (Å²) in [6, 6.07) is 7.41. The van der Waals surface area contributed by atoms with E-state index in [9.17, 15) is 22.8 Å². The number of nitrogens with one attached hydrogen (secondary N) is 1. The molecule has 2 aliphatic rings. The number of benzene rings is 1. The lowest BCUT2D eigenvalue weighted by Crippen LogP contribution is -2.40. The molecule has 162 valence electrons. The Hall–Kier alpha value is -3.06. The highest BCUT2D eigenvalue weighted by Crippen LogP contribution is 2.43. The predicted molar refractivity (Wildman–Crippen MR) is 110 cm³/mol. The van der Waals surface area contributed by atoms with Crippen LogP contribution >= 0.6 is 11.3 Å². The second kappa shape index (κ2) is 7.89. The number of rotatable bonds is 3. The van der Waals surface area contributed by atoms with Gasteiger partial charge in [-0.1, -0.05) is 12.8 Å². The van der Waals surface area contributed by atoms with Crippen LogP contribution in [0.2, 0.25) is 0 Å². The van der Waals surface area contributed by atoms with Crippen LogP contribution in [0, 0.1) is 11.3 Å². The molecule has 2 heterocycles. The number of halogens is 3. The maximum absolute atomic E-state index is 13.5. The van der Waals surface area contributed by atoms with Crippen LogP contribution in [-0.4, -0.2) is 31.1 Å². The molecule has 0 bridgehead atoms. The topological polar surface area (TPSA) is 76.4 Å². The number of nitrogens with zero attached hydrogens (tertiary/aromatic N) is 3. The summed E-state index contributed by atoms with van der Waals surface area (Å²) in [5.74, 6) is -0.262. The monoisotopic (exact) mass is 448 g/mol. The molecule has 0 radical (unpaired) electrons. The molecule has 2 aromatic rings. The number of carbonyl (C=O) groups is 2. The number of nitriles is 1. The summed E-state index contributed by atoms with van der Waals surface area (Å²) < 4.78 is 40.5. The number of amides is 3. The van der Waals surface area contributed by atoms with Crippen molar-refractivity contribution in [3.8, 4) is 6.07 Å². The molecule has 0 unspecified atom stereocenters. The zero-order valence-corrected chi connectivity index (χ0v) is 17.4. The summed E-state index contributed by atoms with van der Waals surface area (Å²) in [4.78, 5) is 28.9. The van der Waals surface area contributed by atoms with Crippen molar-refractivity contribution in [3.63, 3.8) is 0 Å². The molecule has 1 aromatic heterocycles. The third-order valence-electron chi connectivity index (χ3n) is 5.76. The lowest BCUT2D eigenvalue weighted by atomic mass is 9.90. The van der Waals surface area contributed by atoms with Crippen molar-refractivity contribution in [2.24, 2.45) is 0 Å². The Balaban J connectivity index is 1.76. The molecule has 1 saturated heterocycles. The van der Waals surface area contributed by atoms with E-state index in [0.717, 1.165) is 31.4 Å². The van der Waals surface area contributed by atoms with Gasteiger partial charge in [0.25, 0.3) is 5.91 Å². The van der Waals surface area contributed by atoms with Gasteiger partial charge in [-0.25, -0.2) is 4.79 Å². The zero-order chi connectivity index (χ0) is 22.3. The summed E-state index contributed by atoms with van der Waals surface area (Å²) in [7, 11) is 1.52. The number of fused-ring (bicyclic) bond motifs is 1. The minimum absolute atomic E-state index is 0.124. The van der Waals surface area contributed by atoms with Gasteiger partial charge in [-0.05, 0) is 43.2 Å². The highest BCUT2D eigenvalue weighted by molar-refractivity contribution is 7.18. The number of hydrogen-bond acceptors (Lipinski definition) is 4. The van der Waals surface area contributed by atoms with Crippen LogP contribution in [0.15, 0.2) is 30.3 Å². The van der Waals surface area contributed by atoms with Gasteiger partial charge in [0, 0.05) is 12.7 Å². The number of thiophene rings is 1. The fourth-order valence-corrected chi connectivity index (χ4v) is 5.37. The molecule has 1 aliphatic carbocycles. The van der Waals surface area contributed by atoms with Gasteiger partial charge in [-0.15, -0.1) is 11.3 Å². The van der Waals surface area contributed by atoms with E-state index in [1.807, 2.05) is 0 Å². The van der Waals surface area contributed by atoms with E-state index < -0.39 is 23.3 Å². The highest BCUT2D eigenvalue weighted by Gasteiger charge is 2.49. The molecular weight excluding hydrogens is 429 g/mol. The van der Waals surface area contributed by atoms with Gasteiger partial charge in [-0.2, -0.15) is 18.4 Å². The van der Waals surface area contributed by atoms with Gasteiger partial charge in [0.15, 0.2) is 0 Å². The van der Waals surface area contributed by atoms with E-state index in [0.29, 0.717) is 16.3 Å². The van der Waals surface area contributed by atoms with Crippen molar-refractivity contribution in [3.05, 3.63) is 46.3 Å². The number of carbonyl (C=O) groups excluding carboxylic acids is 2. The number of alkyl halides is 3. The zero-order valence-electron chi connectivity index (χ0n) is 16.6. The summed E-state index contributed by atoms with van der Waals surface area (Å²) in [5.41, 5.74) is -1.41. The number of hydrogen-bond donors (Lipinski definition) is 1. The Morgan fingerprint density at radius 3 is 2.45 bits per heavy atom. The standard InChI is InChI=1S/C21H19F3N4O2S/c1-26-19(29)17-8-9-18(31-17)28-16-5-3-2-4-15(16)27(20(28)30)13-7-6-12(11-25)14(10-13)21(22,23)24/h6-10,15-16H,2-5H2,1H3,(H,26,29)/t15-,16-/m1/s1. The van der Waals surface area contributed by atoms with Crippen molar-refractivity contribution < 1.29 is 22.8 Å². The summed E-state index contributed by atoms with van der Waals surface area (Å²) in [6.07, 6.45) is -1.53. The normalized spacial score (nSPS) is 21.1. The maximum Gasteiger partial charge on any atom is 0.417 e. The Morgan fingerprint density at radius 1 is 1.16 bits per heavy atom. The quantitative estimate of drug-likeness (QED) is 0.736. The Morgan fingerprint density at radius 2 is 1.84 bits per heavy atom. The molecule has 10 heteroatoms. The lowest BCUT2D eigenvalue weighted by molar-refractivity contribution is -0.137. The summed E-state index contributed by atoms with van der Waals surface area (Å²) >= 11 is 1.18. The van der Waals surface area contributed by atoms with Crippen molar-refractivity contribution in [1.29, 1.82) is 5.26 Å². The Bertz CT molecular complexity index is 1080. The van der Waals surface area contributed by atoms with Crippen molar-refractivity contribution in [2.45, 2.75) is 43.9 Å².